The van der Waals surface area contributed by atoms with Crippen molar-refractivity contribution in [1.82, 2.24) is 10.3 Å². The van der Waals surface area contributed by atoms with Crippen LogP contribution in [-0.4, -0.2) is 23.3 Å². The molecule has 0 fully saturated rings. The first kappa shape index (κ1) is 15.7. The van der Waals surface area contributed by atoms with Crippen molar-refractivity contribution in [2.24, 2.45) is 0 Å². The second-order valence-electron chi connectivity index (χ2n) is 4.92. The summed E-state index contributed by atoms with van der Waals surface area (Å²) in [6.07, 6.45) is 2.54. The first-order valence-electron chi connectivity index (χ1n) is 7.23. The average Bonchev–Trinajstić information content (AvgIpc) is 2.52. The maximum atomic E-state index is 12.0. The summed E-state index contributed by atoms with van der Waals surface area (Å²) in [5.41, 5.74) is 2.63. The predicted molar refractivity (Wildman–Crippen MR) is 86.6 cm³/mol. The van der Waals surface area contributed by atoms with Gasteiger partial charge < -0.3 is 10.6 Å². The number of carbonyl (C=O) groups is 2. The normalized spacial score (nSPS) is 10.1. The number of anilines is 1. The molecule has 5 heteroatoms. The van der Waals surface area contributed by atoms with E-state index in [1.54, 1.807) is 30.5 Å². The van der Waals surface area contributed by atoms with Gasteiger partial charge in [0.15, 0.2) is 0 Å². The third-order valence-electron chi connectivity index (χ3n) is 3.05. The van der Waals surface area contributed by atoms with Gasteiger partial charge in [-0.15, -0.1) is 0 Å². The fraction of sp³-hybridized carbons (Fsp3) is 0.235. The molecule has 0 aliphatic carbocycles. The summed E-state index contributed by atoms with van der Waals surface area (Å²) in [5.74, 6) is -0.271. The summed E-state index contributed by atoms with van der Waals surface area (Å²) < 4.78 is 0. The van der Waals surface area contributed by atoms with E-state index in [0.29, 0.717) is 23.5 Å². The number of nitrogens with one attached hydrogen (secondary N) is 2. The average molecular weight is 297 g/mol. The summed E-state index contributed by atoms with van der Waals surface area (Å²) in [6.45, 7) is 4.10. The molecule has 0 atom stereocenters. The summed E-state index contributed by atoms with van der Waals surface area (Å²) in [7, 11) is 0. The van der Waals surface area contributed by atoms with Crippen LogP contribution in [0, 0.1) is 0 Å². The third kappa shape index (κ3) is 3.91. The van der Waals surface area contributed by atoms with Gasteiger partial charge in [0.25, 0.3) is 5.91 Å². The number of nitrogens with zero attached hydrogens (tertiary/aromatic N) is 1. The quantitative estimate of drug-likeness (QED) is 0.891. The number of rotatable bonds is 5. The molecule has 0 aliphatic rings. The zero-order valence-electron chi connectivity index (χ0n) is 12.7. The number of amides is 2. The van der Waals surface area contributed by atoms with E-state index in [1.807, 2.05) is 19.1 Å². The lowest BCUT2D eigenvalue weighted by molar-refractivity contribution is -0.114. The fourth-order valence-corrected chi connectivity index (χ4v) is 2.07. The molecule has 1 heterocycles. The highest BCUT2D eigenvalue weighted by Gasteiger charge is 2.10. The van der Waals surface area contributed by atoms with Crippen molar-refractivity contribution >= 4 is 17.5 Å². The van der Waals surface area contributed by atoms with Crippen LogP contribution in [0.1, 0.15) is 30.6 Å². The highest BCUT2D eigenvalue weighted by Crippen LogP contribution is 2.26. The van der Waals surface area contributed by atoms with Crippen LogP contribution in [-0.2, 0) is 4.79 Å². The van der Waals surface area contributed by atoms with Crippen LogP contribution < -0.4 is 10.6 Å². The lowest BCUT2D eigenvalue weighted by Gasteiger charge is -2.10. The maximum Gasteiger partial charge on any atom is 0.251 e. The van der Waals surface area contributed by atoms with Crippen LogP contribution in [0.25, 0.3) is 11.3 Å². The van der Waals surface area contributed by atoms with E-state index in [9.17, 15) is 9.59 Å². The van der Waals surface area contributed by atoms with Gasteiger partial charge in [-0.05, 0) is 30.7 Å². The molecule has 2 amide bonds. The van der Waals surface area contributed by atoms with Crippen molar-refractivity contribution < 1.29 is 9.59 Å². The smallest absolute Gasteiger partial charge is 0.251 e. The molecule has 0 radical (unpaired) electrons. The van der Waals surface area contributed by atoms with Gasteiger partial charge in [-0.2, -0.15) is 0 Å². The molecule has 0 aliphatic heterocycles. The van der Waals surface area contributed by atoms with E-state index in [-0.39, 0.29) is 11.8 Å². The minimum Gasteiger partial charge on any atom is -0.352 e. The predicted octanol–water partition coefficient (Wildman–Crippen LogP) is 2.85. The molecular formula is C17H19N3O2. The topological polar surface area (TPSA) is 71.1 Å². The molecule has 0 unspecified atom stereocenters. The largest absolute Gasteiger partial charge is 0.352 e. The summed E-state index contributed by atoms with van der Waals surface area (Å²) in [4.78, 5) is 27.7. The molecular weight excluding hydrogens is 278 g/mol. The zero-order valence-corrected chi connectivity index (χ0v) is 12.7. The Labute approximate surface area is 129 Å². The lowest BCUT2D eigenvalue weighted by Crippen LogP contribution is -2.23. The Morgan fingerprint density at radius 1 is 1.18 bits per heavy atom. The molecule has 2 rings (SSSR count). The van der Waals surface area contributed by atoms with Crippen molar-refractivity contribution in [3.63, 3.8) is 0 Å². The molecule has 114 valence electrons. The number of carbonyl (C=O) groups excluding carboxylic acids is 2. The van der Waals surface area contributed by atoms with Gasteiger partial charge in [-0.3, -0.25) is 14.6 Å². The van der Waals surface area contributed by atoms with E-state index < -0.39 is 0 Å². The number of aromatic nitrogens is 1. The number of hydrogen-bond donors (Lipinski definition) is 2. The number of hydrogen-bond acceptors (Lipinski definition) is 3. The molecule has 22 heavy (non-hydrogen) atoms. The van der Waals surface area contributed by atoms with Crippen LogP contribution in [0.15, 0.2) is 42.6 Å². The van der Waals surface area contributed by atoms with Crippen molar-refractivity contribution in [3.8, 4) is 11.3 Å². The van der Waals surface area contributed by atoms with Gasteiger partial charge in [-0.25, -0.2) is 0 Å². The third-order valence-corrected chi connectivity index (χ3v) is 3.05. The second kappa shape index (κ2) is 7.36. The second-order valence-corrected chi connectivity index (χ2v) is 4.92. The van der Waals surface area contributed by atoms with Gasteiger partial charge in [0.1, 0.15) is 0 Å². The molecule has 1 aromatic carbocycles. The summed E-state index contributed by atoms with van der Waals surface area (Å²) in [6, 6.07) is 10.8. The van der Waals surface area contributed by atoms with Crippen LogP contribution >= 0.6 is 0 Å². The first-order chi connectivity index (χ1) is 10.6. The van der Waals surface area contributed by atoms with E-state index in [1.165, 1.54) is 6.92 Å². The van der Waals surface area contributed by atoms with Crippen molar-refractivity contribution in [2.75, 3.05) is 11.9 Å². The van der Waals surface area contributed by atoms with E-state index in [4.69, 9.17) is 0 Å². The molecule has 0 spiro atoms. The minimum atomic E-state index is -0.161. The van der Waals surface area contributed by atoms with Crippen LogP contribution in [0.3, 0.4) is 0 Å². The molecule has 2 aromatic rings. The molecule has 0 saturated carbocycles. The number of pyridine rings is 1. The highest BCUT2D eigenvalue weighted by molar-refractivity contribution is 5.97. The van der Waals surface area contributed by atoms with E-state index in [0.717, 1.165) is 12.0 Å². The molecule has 0 bridgehead atoms. The van der Waals surface area contributed by atoms with E-state index in [2.05, 4.69) is 15.6 Å². The Morgan fingerprint density at radius 2 is 2.00 bits per heavy atom. The van der Waals surface area contributed by atoms with Crippen LogP contribution in [0.4, 0.5) is 5.69 Å². The minimum absolute atomic E-state index is 0.110. The molecule has 1 aromatic heterocycles. The molecule has 5 nitrogen and oxygen atoms in total. The van der Waals surface area contributed by atoms with Gasteiger partial charge in [0, 0.05) is 30.8 Å². The fourth-order valence-electron chi connectivity index (χ4n) is 2.07. The Bertz CT molecular complexity index is 683. The first-order valence-corrected chi connectivity index (χ1v) is 7.23. The van der Waals surface area contributed by atoms with Crippen molar-refractivity contribution in [3.05, 3.63) is 48.2 Å². The van der Waals surface area contributed by atoms with Crippen molar-refractivity contribution in [1.29, 1.82) is 0 Å². The van der Waals surface area contributed by atoms with Crippen LogP contribution in [0.5, 0.6) is 0 Å². The summed E-state index contributed by atoms with van der Waals surface area (Å²) in [5, 5.41) is 5.60. The summed E-state index contributed by atoms with van der Waals surface area (Å²) >= 11 is 0. The SMILES string of the molecule is CCCNC(=O)c1cccc(-c2ncccc2NC(C)=O)c1. The van der Waals surface area contributed by atoms with Gasteiger partial charge in [0.2, 0.25) is 5.91 Å². The van der Waals surface area contributed by atoms with Crippen LogP contribution in [0.2, 0.25) is 0 Å². The monoisotopic (exact) mass is 297 g/mol. The van der Waals surface area contributed by atoms with Gasteiger partial charge >= 0.3 is 0 Å². The Balaban J connectivity index is 2.34. The number of benzene rings is 1. The standard InChI is InChI=1S/C17H19N3O2/c1-3-9-19-17(22)14-7-4-6-13(11-14)16-15(20-12(2)21)8-5-10-18-16/h4-8,10-11H,3,9H2,1-2H3,(H,19,22)(H,20,21). The lowest BCUT2D eigenvalue weighted by atomic mass is 10.1. The maximum absolute atomic E-state index is 12.0. The van der Waals surface area contributed by atoms with Crippen molar-refractivity contribution in [2.45, 2.75) is 20.3 Å². The highest BCUT2D eigenvalue weighted by atomic mass is 16.2. The Morgan fingerprint density at radius 3 is 2.73 bits per heavy atom. The zero-order chi connectivity index (χ0) is 15.9. The molecule has 0 saturated heterocycles. The Kier molecular flexibility index (Phi) is 5.25. The molecule has 2 N–H and O–H groups in total. The van der Waals surface area contributed by atoms with E-state index >= 15 is 0 Å². The van der Waals surface area contributed by atoms with Gasteiger partial charge in [-0.1, -0.05) is 19.1 Å². The Hall–Kier alpha value is -2.69. The van der Waals surface area contributed by atoms with Gasteiger partial charge in [0.05, 0.1) is 11.4 Å².